The molecule has 0 atom stereocenters. The zero-order valence-electron chi connectivity index (χ0n) is 15.0. The summed E-state index contributed by atoms with van der Waals surface area (Å²) in [5, 5.41) is 13.2. The molecule has 0 spiro atoms. The fourth-order valence-electron chi connectivity index (χ4n) is 3.16. The Balaban J connectivity index is 1.83. The third kappa shape index (κ3) is 3.22. The highest BCUT2D eigenvalue weighted by molar-refractivity contribution is 6.30. The van der Waals surface area contributed by atoms with Gasteiger partial charge >= 0.3 is 0 Å². The minimum Gasteiger partial charge on any atom is -0.595 e. The van der Waals surface area contributed by atoms with Crippen molar-refractivity contribution >= 4 is 17.2 Å². The first kappa shape index (κ1) is 17.4. The first-order valence-electron chi connectivity index (χ1n) is 8.56. The summed E-state index contributed by atoms with van der Waals surface area (Å²) >= 11 is 5.98. The van der Waals surface area contributed by atoms with E-state index in [1.165, 1.54) is 4.52 Å². The van der Waals surface area contributed by atoms with Crippen molar-refractivity contribution in [1.82, 2.24) is 9.50 Å². The lowest BCUT2D eigenvalue weighted by atomic mass is 10.1. The van der Waals surface area contributed by atoms with E-state index in [1.807, 2.05) is 61.5 Å². The number of aromatic nitrogens is 3. The highest BCUT2D eigenvalue weighted by Crippen LogP contribution is 2.25. The molecule has 2 aromatic heterocycles. The fraction of sp³-hybridized carbons (Fsp3) is 0.143. The summed E-state index contributed by atoms with van der Waals surface area (Å²) in [6, 6.07) is 17.2. The molecule has 0 radical (unpaired) electrons. The van der Waals surface area contributed by atoms with Crippen LogP contribution in [0.1, 0.15) is 16.8 Å². The summed E-state index contributed by atoms with van der Waals surface area (Å²) < 4.78 is 6.83. The summed E-state index contributed by atoms with van der Waals surface area (Å²) in [6.45, 7) is 1.82. The smallest absolute Gasteiger partial charge is 0.224 e. The number of methoxy groups -OCH3 is 1. The van der Waals surface area contributed by atoms with E-state index in [-0.39, 0.29) is 0 Å². The molecule has 0 aliphatic carbocycles. The zero-order valence-corrected chi connectivity index (χ0v) is 15.8. The van der Waals surface area contributed by atoms with Gasteiger partial charge in [0.05, 0.1) is 24.6 Å². The van der Waals surface area contributed by atoms with Gasteiger partial charge in [-0.3, -0.25) is 0 Å². The minimum absolute atomic E-state index is 0.607. The molecule has 0 aliphatic heterocycles. The van der Waals surface area contributed by atoms with Crippen molar-refractivity contribution in [3.8, 4) is 17.0 Å². The van der Waals surface area contributed by atoms with E-state index >= 15 is 0 Å². The molecule has 0 amide bonds. The first-order valence-corrected chi connectivity index (χ1v) is 8.94. The van der Waals surface area contributed by atoms with Gasteiger partial charge in [0.15, 0.2) is 0 Å². The van der Waals surface area contributed by atoms with Crippen molar-refractivity contribution < 1.29 is 9.58 Å². The molecule has 0 N–H and O–H groups in total. The Kier molecular flexibility index (Phi) is 4.46. The van der Waals surface area contributed by atoms with Crippen LogP contribution in [-0.4, -0.2) is 16.6 Å². The number of benzene rings is 2. The maximum Gasteiger partial charge on any atom is 0.224 e. The summed E-state index contributed by atoms with van der Waals surface area (Å²) in [6.07, 6.45) is 2.36. The van der Waals surface area contributed by atoms with E-state index < -0.39 is 0 Å². The Morgan fingerprint density at radius 2 is 1.93 bits per heavy atom. The molecule has 5 nitrogen and oxygen atoms in total. The molecule has 0 unspecified atom stereocenters. The number of fused-ring (bicyclic) bond motifs is 1. The molecule has 0 aliphatic rings. The normalized spacial score (nSPS) is 11.1. The SMILES string of the molecule is COc1cccc(-c2ccn3c(n2)c(Cc2ccc(Cl)cc2)c(C)[n+]3[O-])c1. The fourth-order valence-corrected chi connectivity index (χ4v) is 3.29. The third-order valence-electron chi connectivity index (χ3n) is 4.67. The molecular weight excluding hydrogens is 362 g/mol. The Hall–Kier alpha value is -3.05. The van der Waals surface area contributed by atoms with Crippen LogP contribution in [0.5, 0.6) is 5.75 Å². The van der Waals surface area contributed by atoms with Crippen LogP contribution < -0.4 is 9.58 Å². The van der Waals surface area contributed by atoms with Gasteiger partial charge in [-0.05, 0) is 35.9 Å². The molecule has 4 aromatic rings. The van der Waals surface area contributed by atoms with Crippen molar-refractivity contribution in [2.24, 2.45) is 0 Å². The molecular formula is C21H18ClN3O2. The molecule has 136 valence electrons. The predicted octanol–water partition coefficient (Wildman–Crippen LogP) is 4.20. The second-order valence-corrected chi connectivity index (χ2v) is 6.79. The third-order valence-corrected chi connectivity index (χ3v) is 4.92. The van der Waals surface area contributed by atoms with Crippen LogP contribution in [0, 0.1) is 12.1 Å². The Morgan fingerprint density at radius 3 is 2.67 bits per heavy atom. The number of halogens is 1. The van der Waals surface area contributed by atoms with Gasteiger partial charge in [-0.1, -0.05) is 45.2 Å². The molecule has 27 heavy (non-hydrogen) atoms. The second-order valence-electron chi connectivity index (χ2n) is 6.35. The summed E-state index contributed by atoms with van der Waals surface area (Å²) in [5.41, 5.74) is 4.99. The van der Waals surface area contributed by atoms with E-state index in [0.717, 1.165) is 33.0 Å². The summed E-state index contributed by atoms with van der Waals surface area (Å²) in [7, 11) is 1.64. The zero-order chi connectivity index (χ0) is 19.0. The lowest BCUT2D eigenvalue weighted by Crippen LogP contribution is -2.35. The van der Waals surface area contributed by atoms with Crippen LogP contribution in [0.4, 0.5) is 0 Å². The van der Waals surface area contributed by atoms with Gasteiger partial charge in [0.25, 0.3) is 0 Å². The van der Waals surface area contributed by atoms with Gasteiger partial charge in [0.1, 0.15) is 5.75 Å². The number of rotatable bonds is 4. The van der Waals surface area contributed by atoms with Gasteiger partial charge in [-0.2, -0.15) is 0 Å². The van der Waals surface area contributed by atoms with Crippen LogP contribution in [0.15, 0.2) is 60.8 Å². The second kappa shape index (κ2) is 6.93. The maximum atomic E-state index is 12.5. The lowest BCUT2D eigenvalue weighted by molar-refractivity contribution is -0.682. The van der Waals surface area contributed by atoms with Gasteiger partial charge in [-0.25, -0.2) is 4.98 Å². The highest BCUT2D eigenvalue weighted by atomic mass is 35.5. The van der Waals surface area contributed by atoms with Crippen molar-refractivity contribution in [3.05, 3.63) is 87.8 Å². The lowest BCUT2D eigenvalue weighted by Gasteiger charge is -2.05. The molecule has 4 rings (SSSR count). The number of nitrogens with zero attached hydrogens (tertiary/aromatic N) is 3. The van der Waals surface area contributed by atoms with Crippen molar-refractivity contribution in [3.63, 3.8) is 0 Å². The van der Waals surface area contributed by atoms with Crippen LogP contribution in [0.2, 0.25) is 5.02 Å². The van der Waals surface area contributed by atoms with Gasteiger partial charge < -0.3 is 9.94 Å². The molecule has 2 heterocycles. The molecule has 0 saturated heterocycles. The van der Waals surface area contributed by atoms with Crippen LogP contribution >= 0.6 is 11.6 Å². The van der Waals surface area contributed by atoms with Gasteiger partial charge in [0.2, 0.25) is 11.3 Å². The Bertz CT molecular complexity index is 1120. The maximum absolute atomic E-state index is 12.5. The Labute approximate surface area is 162 Å². The van der Waals surface area contributed by atoms with Crippen LogP contribution in [-0.2, 0) is 6.42 Å². The van der Waals surface area contributed by atoms with E-state index in [2.05, 4.69) is 0 Å². The summed E-state index contributed by atoms with van der Waals surface area (Å²) in [5.74, 6) is 0.765. The molecule has 0 bridgehead atoms. The monoisotopic (exact) mass is 379 g/mol. The van der Waals surface area contributed by atoms with E-state index in [4.69, 9.17) is 21.3 Å². The minimum atomic E-state index is 0.607. The summed E-state index contributed by atoms with van der Waals surface area (Å²) in [4.78, 5) is 5.65. The van der Waals surface area contributed by atoms with Gasteiger partial charge in [0, 0.05) is 23.9 Å². The first-order chi connectivity index (χ1) is 13.1. The Morgan fingerprint density at radius 1 is 1.15 bits per heavy atom. The van der Waals surface area contributed by atoms with Crippen molar-refractivity contribution in [2.75, 3.05) is 7.11 Å². The topological polar surface area (TPSA) is 53.5 Å². The number of hydrogen-bond donors (Lipinski definition) is 0. The van der Waals surface area contributed by atoms with Gasteiger partial charge in [-0.15, -0.1) is 0 Å². The molecule has 6 heteroatoms. The molecule has 0 saturated carbocycles. The standard InChI is InChI=1S/C21H18ClN3O2/c1-14-19(12-15-6-8-17(22)9-7-15)21-23-20(10-11-24(21)25(14)26)16-4-3-5-18(13-16)27-2/h3-11,13H,12H2,1-2H3. The highest BCUT2D eigenvalue weighted by Gasteiger charge is 2.21. The molecule has 2 aromatic carbocycles. The quantitative estimate of drug-likeness (QED) is 0.394. The number of ether oxygens (including phenoxy) is 1. The van der Waals surface area contributed by atoms with Crippen LogP contribution in [0.25, 0.3) is 16.9 Å². The van der Waals surface area contributed by atoms with Crippen molar-refractivity contribution in [2.45, 2.75) is 13.3 Å². The average Bonchev–Trinajstić information content (AvgIpc) is 2.94. The van der Waals surface area contributed by atoms with E-state index in [1.54, 1.807) is 13.3 Å². The van der Waals surface area contributed by atoms with Crippen molar-refractivity contribution in [1.29, 1.82) is 0 Å². The molecule has 0 fully saturated rings. The van der Waals surface area contributed by atoms with E-state index in [9.17, 15) is 5.21 Å². The van der Waals surface area contributed by atoms with Crippen LogP contribution in [0.3, 0.4) is 0 Å². The van der Waals surface area contributed by atoms with E-state index in [0.29, 0.717) is 22.8 Å². The largest absolute Gasteiger partial charge is 0.595 e. The number of hydrogen-bond acceptors (Lipinski definition) is 3. The predicted molar refractivity (Wildman–Crippen MR) is 105 cm³/mol. The average molecular weight is 380 g/mol.